The first-order valence-corrected chi connectivity index (χ1v) is 7.42. The quantitative estimate of drug-likeness (QED) is 0.706. The lowest BCUT2D eigenvalue weighted by molar-refractivity contribution is -0.137. The third-order valence-electron chi connectivity index (χ3n) is 4.37. The van der Waals surface area contributed by atoms with Crippen LogP contribution in [0.5, 0.6) is 0 Å². The Balaban J connectivity index is 1.97. The highest BCUT2D eigenvalue weighted by molar-refractivity contribution is 6.03. The zero-order valence-electron chi connectivity index (χ0n) is 12.0. The lowest BCUT2D eigenvalue weighted by Crippen LogP contribution is -2.23. The van der Waals surface area contributed by atoms with Crippen molar-refractivity contribution in [1.29, 1.82) is 0 Å². The van der Waals surface area contributed by atoms with Gasteiger partial charge in [-0.2, -0.15) is 13.2 Å². The first-order chi connectivity index (χ1) is 10.5. The van der Waals surface area contributed by atoms with Crippen molar-refractivity contribution in [3.05, 3.63) is 34.9 Å². The minimum atomic E-state index is -4.47. The van der Waals surface area contributed by atoms with Crippen molar-refractivity contribution in [1.82, 2.24) is 0 Å². The van der Waals surface area contributed by atoms with E-state index in [-0.39, 0.29) is 17.6 Å². The number of hydrogen-bond donors (Lipinski definition) is 0. The van der Waals surface area contributed by atoms with Crippen molar-refractivity contribution in [3.63, 3.8) is 0 Å². The van der Waals surface area contributed by atoms with E-state index in [4.69, 9.17) is 11.3 Å². The number of rotatable bonds is 1. The van der Waals surface area contributed by atoms with Crippen LogP contribution >= 0.6 is 0 Å². The van der Waals surface area contributed by atoms with Gasteiger partial charge in [-0.05, 0) is 31.4 Å². The van der Waals surface area contributed by atoms with E-state index in [2.05, 4.69) is 11.1 Å². The molecule has 1 aliphatic heterocycles. The van der Waals surface area contributed by atoms with Crippen molar-refractivity contribution in [2.24, 2.45) is 11.1 Å². The maximum atomic E-state index is 13.1. The molecule has 0 bridgehead atoms. The summed E-state index contributed by atoms with van der Waals surface area (Å²) in [6, 6.07) is 4.05. The van der Waals surface area contributed by atoms with E-state index in [1.54, 1.807) is 6.07 Å². The van der Waals surface area contributed by atoms with Crippen LogP contribution < -0.4 is 0 Å². The largest absolute Gasteiger partial charge is 0.417 e. The summed E-state index contributed by atoms with van der Waals surface area (Å²) in [6.45, 7) is 0. The minimum absolute atomic E-state index is 0.000790. The van der Waals surface area contributed by atoms with Crippen LogP contribution in [0.25, 0.3) is 0 Å². The second-order valence-corrected chi connectivity index (χ2v) is 5.77. The van der Waals surface area contributed by atoms with Crippen molar-refractivity contribution in [2.75, 3.05) is 0 Å². The summed E-state index contributed by atoms with van der Waals surface area (Å²) in [4.78, 5) is 5.45. The van der Waals surface area contributed by atoms with Gasteiger partial charge in [-0.15, -0.1) is 6.42 Å². The zero-order valence-corrected chi connectivity index (χ0v) is 12.0. The Morgan fingerprint density at radius 3 is 2.68 bits per heavy atom. The van der Waals surface area contributed by atoms with Gasteiger partial charge in [-0.1, -0.05) is 30.0 Å². The van der Waals surface area contributed by atoms with Crippen molar-refractivity contribution in [2.45, 2.75) is 44.4 Å². The summed E-state index contributed by atoms with van der Waals surface area (Å²) < 4.78 is 39.4. The van der Waals surface area contributed by atoms with E-state index in [9.17, 15) is 13.2 Å². The molecule has 1 aliphatic carbocycles. The zero-order chi connectivity index (χ0) is 15.7. The Kier molecular flexibility index (Phi) is 3.86. The van der Waals surface area contributed by atoms with Crippen LogP contribution in [0.2, 0.25) is 0 Å². The fraction of sp³-hybridized carbons (Fsp3) is 0.471. The molecule has 2 atom stereocenters. The lowest BCUT2D eigenvalue weighted by atomic mass is 9.87. The highest BCUT2D eigenvalue weighted by Crippen LogP contribution is 2.36. The first-order valence-electron chi connectivity index (χ1n) is 7.42. The van der Waals surface area contributed by atoms with Gasteiger partial charge >= 0.3 is 6.18 Å². The van der Waals surface area contributed by atoms with Gasteiger partial charge in [0.1, 0.15) is 6.10 Å². The molecule has 2 aliphatic rings. The Morgan fingerprint density at radius 1 is 1.18 bits per heavy atom. The van der Waals surface area contributed by atoms with Gasteiger partial charge in [0.15, 0.2) is 0 Å². The maximum absolute atomic E-state index is 13.1. The van der Waals surface area contributed by atoms with Gasteiger partial charge in [0.2, 0.25) is 0 Å². The second kappa shape index (κ2) is 5.68. The molecule has 116 valence electrons. The molecule has 0 amide bonds. The fourth-order valence-corrected chi connectivity index (χ4v) is 3.24. The van der Waals surface area contributed by atoms with E-state index in [1.165, 1.54) is 6.07 Å². The average molecular weight is 307 g/mol. The molecule has 1 aromatic rings. The van der Waals surface area contributed by atoms with Crippen molar-refractivity contribution in [3.8, 4) is 12.3 Å². The van der Waals surface area contributed by atoms with Gasteiger partial charge in [0.25, 0.3) is 0 Å². The summed E-state index contributed by atoms with van der Waals surface area (Å²) in [6.07, 6.45) is 5.78. The molecule has 0 N–H and O–H groups in total. The summed E-state index contributed by atoms with van der Waals surface area (Å²) in [5, 5.41) is 4.07. The van der Waals surface area contributed by atoms with Crippen LogP contribution in [0.3, 0.4) is 0 Å². The van der Waals surface area contributed by atoms with E-state index >= 15 is 0 Å². The number of fused-ring (bicyclic) bond motifs is 1. The van der Waals surface area contributed by atoms with Crippen LogP contribution in [-0.2, 0) is 11.0 Å². The van der Waals surface area contributed by atoms with Gasteiger partial charge in [0, 0.05) is 17.0 Å². The van der Waals surface area contributed by atoms with E-state index in [0.717, 1.165) is 38.2 Å². The van der Waals surface area contributed by atoms with Crippen molar-refractivity contribution < 1.29 is 18.0 Å². The molecule has 1 fully saturated rings. The Morgan fingerprint density at radius 2 is 1.95 bits per heavy atom. The molecule has 0 aromatic heterocycles. The van der Waals surface area contributed by atoms with Crippen LogP contribution in [0, 0.1) is 18.3 Å². The SMILES string of the molecule is C#Cc1ccc(C2=NOC3CCCCCC23)cc1C(F)(F)F. The number of nitrogens with zero attached hydrogens (tertiary/aromatic N) is 1. The molecular formula is C17H16F3NO. The van der Waals surface area contributed by atoms with E-state index in [0.29, 0.717) is 11.3 Å². The van der Waals surface area contributed by atoms with Crippen LogP contribution in [0.1, 0.15) is 48.8 Å². The number of hydrogen-bond acceptors (Lipinski definition) is 2. The molecule has 2 nitrogen and oxygen atoms in total. The lowest BCUT2D eigenvalue weighted by Gasteiger charge is -2.16. The van der Waals surface area contributed by atoms with Gasteiger partial charge in [0.05, 0.1) is 11.3 Å². The van der Waals surface area contributed by atoms with Crippen LogP contribution in [-0.4, -0.2) is 11.8 Å². The summed E-state index contributed by atoms with van der Waals surface area (Å²) in [5.74, 6) is 2.18. The molecule has 22 heavy (non-hydrogen) atoms. The van der Waals surface area contributed by atoms with Crippen molar-refractivity contribution >= 4 is 5.71 Å². The minimum Gasteiger partial charge on any atom is -0.392 e. The highest BCUT2D eigenvalue weighted by Gasteiger charge is 2.38. The molecule has 0 spiro atoms. The van der Waals surface area contributed by atoms with Crippen LogP contribution in [0.4, 0.5) is 13.2 Å². The predicted molar refractivity (Wildman–Crippen MR) is 77.4 cm³/mol. The Hall–Kier alpha value is -1.96. The highest BCUT2D eigenvalue weighted by atomic mass is 19.4. The molecule has 5 heteroatoms. The summed E-state index contributed by atoms with van der Waals surface area (Å²) in [5.41, 5.74) is 0.155. The number of alkyl halides is 3. The molecular weight excluding hydrogens is 291 g/mol. The van der Waals surface area contributed by atoms with Crippen LogP contribution in [0.15, 0.2) is 23.4 Å². The Bertz CT molecular complexity index is 642. The third-order valence-corrected chi connectivity index (χ3v) is 4.37. The second-order valence-electron chi connectivity index (χ2n) is 5.77. The van der Waals surface area contributed by atoms with Gasteiger partial charge in [-0.25, -0.2) is 0 Å². The number of terminal acetylenes is 1. The molecule has 1 aromatic carbocycles. The number of halogens is 3. The molecule has 0 radical (unpaired) electrons. The number of oxime groups is 1. The smallest absolute Gasteiger partial charge is 0.392 e. The fourth-order valence-electron chi connectivity index (χ4n) is 3.24. The number of benzene rings is 1. The molecule has 2 unspecified atom stereocenters. The molecule has 0 saturated heterocycles. The maximum Gasteiger partial charge on any atom is 0.417 e. The van der Waals surface area contributed by atoms with Gasteiger partial charge in [-0.3, -0.25) is 0 Å². The predicted octanol–water partition coefficient (Wildman–Crippen LogP) is 4.37. The summed E-state index contributed by atoms with van der Waals surface area (Å²) in [7, 11) is 0. The average Bonchev–Trinajstić information content (AvgIpc) is 2.74. The molecule has 1 heterocycles. The topological polar surface area (TPSA) is 21.6 Å². The van der Waals surface area contributed by atoms with E-state index in [1.807, 2.05) is 0 Å². The van der Waals surface area contributed by atoms with Gasteiger partial charge < -0.3 is 4.84 Å². The molecule has 1 saturated carbocycles. The Labute approximate surface area is 127 Å². The first kappa shape index (κ1) is 15.0. The monoisotopic (exact) mass is 307 g/mol. The molecule has 3 rings (SSSR count). The van der Waals surface area contributed by atoms with E-state index < -0.39 is 11.7 Å². The summed E-state index contributed by atoms with van der Waals surface area (Å²) >= 11 is 0. The third kappa shape index (κ3) is 2.70. The standard InChI is InChI=1S/C17H16F3NO/c1-2-11-8-9-12(10-14(11)17(18,19)20)16-13-6-4-3-5-7-15(13)22-21-16/h1,8-10,13,15H,3-7H2. The normalized spacial score (nSPS) is 24.7.